The summed E-state index contributed by atoms with van der Waals surface area (Å²) in [4.78, 5) is 11.6. The van der Waals surface area contributed by atoms with Crippen LogP contribution in [0.5, 0.6) is 0 Å². The number of nitrogens with one attached hydrogen (secondary N) is 1. The molecule has 2 aliphatic rings. The third-order valence-corrected chi connectivity index (χ3v) is 3.59. The average molecular weight is 242 g/mol. The van der Waals surface area contributed by atoms with Gasteiger partial charge in [0.1, 0.15) is 6.61 Å². The summed E-state index contributed by atoms with van der Waals surface area (Å²) in [6.07, 6.45) is 3.23. The van der Waals surface area contributed by atoms with E-state index in [-0.39, 0.29) is 30.7 Å². The standard InChI is InChI=1S/C12H22N2O3/c1-2-5-16-7-9(15)14-11-10(13)8-4-3-6-17-12(8)11/h8,10-12H,2-7,13H2,1H3,(H,14,15). The second kappa shape index (κ2) is 5.80. The Bertz CT molecular complexity index is 272. The van der Waals surface area contributed by atoms with Gasteiger partial charge in [0, 0.05) is 25.2 Å². The number of rotatable bonds is 5. The first kappa shape index (κ1) is 12.8. The molecule has 3 N–H and O–H groups in total. The maximum atomic E-state index is 11.6. The first-order valence-electron chi connectivity index (χ1n) is 6.48. The number of hydrogen-bond donors (Lipinski definition) is 2. The van der Waals surface area contributed by atoms with Gasteiger partial charge in [-0.2, -0.15) is 0 Å². The summed E-state index contributed by atoms with van der Waals surface area (Å²) in [6, 6.07) is 0.00783. The summed E-state index contributed by atoms with van der Waals surface area (Å²) in [7, 11) is 0. The van der Waals surface area contributed by atoms with Crippen LogP contribution in [-0.2, 0) is 14.3 Å². The fraction of sp³-hybridized carbons (Fsp3) is 0.917. The van der Waals surface area contributed by atoms with Gasteiger partial charge in [-0.3, -0.25) is 4.79 Å². The van der Waals surface area contributed by atoms with Gasteiger partial charge >= 0.3 is 0 Å². The van der Waals surface area contributed by atoms with Crippen molar-refractivity contribution in [2.75, 3.05) is 19.8 Å². The Kier molecular flexibility index (Phi) is 4.36. The van der Waals surface area contributed by atoms with Crippen molar-refractivity contribution in [3.05, 3.63) is 0 Å². The van der Waals surface area contributed by atoms with Crippen LogP contribution in [-0.4, -0.2) is 43.9 Å². The summed E-state index contributed by atoms with van der Waals surface area (Å²) in [6.45, 7) is 3.54. The molecule has 0 radical (unpaired) electrons. The Morgan fingerprint density at radius 3 is 3.18 bits per heavy atom. The number of carbonyl (C=O) groups is 1. The van der Waals surface area contributed by atoms with E-state index in [0.717, 1.165) is 25.9 Å². The molecule has 5 nitrogen and oxygen atoms in total. The number of fused-ring (bicyclic) bond motifs is 1. The molecule has 0 bridgehead atoms. The van der Waals surface area contributed by atoms with Gasteiger partial charge in [0.2, 0.25) is 5.91 Å². The molecule has 0 aromatic rings. The van der Waals surface area contributed by atoms with Gasteiger partial charge < -0.3 is 20.5 Å². The van der Waals surface area contributed by atoms with E-state index in [0.29, 0.717) is 12.5 Å². The predicted molar refractivity (Wildman–Crippen MR) is 63.5 cm³/mol. The SMILES string of the molecule is CCCOCC(=O)NC1C(N)C2CCCOC21. The fourth-order valence-electron chi connectivity index (χ4n) is 2.66. The van der Waals surface area contributed by atoms with E-state index in [1.54, 1.807) is 0 Å². The zero-order valence-electron chi connectivity index (χ0n) is 10.4. The molecule has 0 spiro atoms. The van der Waals surface area contributed by atoms with Crippen LogP contribution in [0.15, 0.2) is 0 Å². The minimum absolute atomic E-state index is 0.0296. The molecule has 98 valence electrons. The molecule has 4 unspecified atom stereocenters. The molecule has 0 aromatic carbocycles. The van der Waals surface area contributed by atoms with E-state index >= 15 is 0 Å². The smallest absolute Gasteiger partial charge is 0.246 e. The molecule has 1 heterocycles. The van der Waals surface area contributed by atoms with Crippen molar-refractivity contribution >= 4 is 5.91 Å². The summed E-state index contributed by atoms with van der Waals surface area (Å²) in [5, 5.41) is 2.91. The van der Waals surface area contributed by atoms with Crippen LogP contribution >= 0.6 is 0 Å². The van der Waals surface area contributed by atoms with E-state index in [9.17, 15) is 4.79 Å². The van der Waals surface area contributed by atoms with Gasteiger partial charge in [-0.25, -0.2) is 0 Å². The minimum atomic E-state index is -0.0912. The summed E-state index contributed by atoms with van der Waals surface area (Å²) in [5.74, 6) is 0.331. The van der Waals surface area contributed by atoms with Crippen LogP contribution in [0, 0.1) is 5.92 Å². The number of ether oxygens (including phenoxy) is 2. The van der Waals surface area contributed by atoms with Gasteiger partial charge in [-0.1, -0.05) is 6.92 Å². The third kappa shape index (κ3) is 2.78. The topological polar surface area (TPSA) is 73.6 Å². The molecule has 0 aromatic heterocycles. The second-order valence-corrected chi connectivity index (χ2v) is 4.86. The van der Waals surface area contributed by atoms with Gasteiger partial charge in [0.25, 0.3) is 0 Å². The van der Waals surface area contributed by atoms with Crippen LogP contribution in [0.4, 0.5) is 0 Å². The van der Waals surface area contributed by atoms with E-state index in [1.807, 2.05) is 6.92 Å². The normalized spacial score (nSPS) is 35.9. The van der Waals surface area contributed by atoms with Crippen molar-refractivity contribution in [1.82, 2.24) is 5.32 Å². The highest BCUT2D eigenvalue weighted by atomic mass is 16.5. The first-order chi connectivity index (χ1) is 8.24. The molecule has 2 rings (SSSR count). The van der Waals surface area contributed by atoms with E-state index in [2.05, 4.69) is 5.32 Å². The Morgan fingerprint density at radius 1 is 1.59 bits per heavy atom. The highest BCUT2D eigenvalue weighted by Gasteiger charge is 2.50. The van der Waals surface area contributed by atoms with Crippen molar-refractivity contribution in [2.45, 2.75) is 44.4 Å². The second-order valence-electron chi connectivity index (χ2n) is 4.86. The van der Waals surface area contributed by atoms with Crippen LogP contribution in [0.25, 0.3) is 0 Å². The molecular weight excluding hydrogens is 220 g/mol. The van der Waals surface area contributed by atoms with Crippen molar-refractivity contribution < 1.29 is 14.3 Å². The average Bonchev–Trinajstić information content (AvgIpc) is 2.36. The van der Waals surface area contributed by atoms with Crippen molar-refractivity contribution in [1.29, 1.82) is 0 Å². The third-order valence-electron chi connectivity index (χ3n) is 3.59. The molecule has 4 atom stereocenters. The number of carbonyl (C=O) groups excluding carboxylic acids is 1. The maximum Gasteiger partial charge on any atom is 0.246 e. The Hall–Kier alpha value is -0.650. The van der Waals surface area contributed by atoms with Crippen LogP contribution in [0.2, 0.25) is 0 Å². The molecule has 17 heavy (non-hydrogen) atoms. The zero-order valence-corrected chi connectivity index (χ0v) is 10.4. The Morgan fingerprint density at radius 2 is 2.41 bits per heavy atom. The van der Waals surface area contributed by atoms with Gasteiger partial charge in [0.05, 0.1) is 12.1 Å². The van der Waals surface area contributed by atoms with Crippen LogP contribution < -0.4 is 11.1 Å². The maximum absolute atomic E-state index is 11.6. The lowest BCUT2D eigenvalue weighted by molar-refractivity contribution is -0.142. The van der Waals surface area contributed by atoms with Gasteiger partial charge in [-0.05, 0) is 19.3 Å². The Balaban J connectivity index is 1.73. The number of hydrogen-bond acceptors (Lipinski definition) is 4. The largest absolute Gasteiger partial charge is 0.376 e. The van der Waals surface area contributed by atoms with Crippen LogP contribution in [0.3, 0.4) is 0 Å². The predicted octanol–water partition coefficient (Wildman–Crippen LogP) is 0.0339. The lowest BCUT2D eigenvalue weighted by Gasteiger charge is -2.52. The molecule has 2 fully saturated rings. The monoisotopic (exact) mass is 242 g/mol. The first-order valence-corrected chi connectivity index (χ1v) is 6.48. The highest BCUT2D eigenvalue weighted by Crippen LogP contribution is 2.36. The van der Waals surface area contributed by atoms with Gasteiger partial charge in [-0.15, -0.1) is 0 Å². The lowest BCUT2D eigenvalue weighted by Crippen LogP contribution is -2.72. The fourth-order valence-corrected chi connectivity index (χ4v) is 2.66. The van der Waals surface area contributed by atoms with Crippen LogP contribution in [0.1, 0.15) is 26.2 Å². The van der Waals surface area contributed by atoms with Crippen molar-refractivity contribution in [3.63, 3.8) is 0 Å². The molecule has 1 amide bonds. The summed E-state index contributed by atoms with van der Waals surface area (Å²) in [5.41, 5.74) is 6.04. The quantitative estimate of drug-likeness (QED) is 0.667. The molecule has 1 saturated carbocycles. The molecular formula is C12H22N2O3. The molecule has 1 saturated heterocycles. The van der Waals surface area contributed by atoms with Gasteiger partial charge in [0.15, 0.2) is 0 Å². The van der Waals surface area contributed by atoms with E-state index in [4.69, 9.17) is 15.2 Å². The lowest BCUT2D eigenvalue weighted by atomic mass is 9.68. The van der Waals surface area contributed by atoms with E-state index < -0.39 is 0 Å². The molecule has 1 aliphatic carbocycles. The van der Waals surface area contributed by atoms with Crippen molar-refractivity contribution in [3.8, 4) is 0 Å². The Labute approximate surface area is 102 Å². The number of amides is 1. The van der Waals surface area contributed by atoms with Crippen molar-refractivity contribution in [2.24, 2.45) is 11.7 Å². The summed E-state index contributed by atoms with van der Waals surface area (Å²) >= 11 is 0. The zero-order chi connectivity index (χ0) is 12.3. The number of nitrogens with two attached hydrogens (primary N) is 1. The minimum Gasteiger partial charge on any atom is -0.376 e. The molecule has 5 heteroatoms. The van der Waals surface area contributed by atoms with E-state index in [1.165, 1.54) is 0 Å². The molecule has 1 aliphatic heterocycles. The highest BCUT2D eigenvalue weighted by molar-refractivity contribution is 5.77. The summed E-state index contributed by atoms with van der Waals surface area (Å²) < 4.78 is 10.8.